The number of benzene rings is 1. The summed E-state index contributed by atoms with van der Waals surface area (Å²) >= 11 is 11.9. The Morgan fingerprint density at radius 1 is 1.30 bits per heavy atom. The predicted octanol–water partition coefficient (Wildman–Crippen LogP) is 3.01. The third-order valence-electron chi connectivity index (χ3n) is 3.56. The third kappa shape index (κ3) is 3.33. The van der Waals surface area contributed by atoms with Crippen LogP contribution >= 0.6 is 23.2 Å². The van der Waals surface area contributed by atoms with Crippen molar-refractivity contribution in [3.63, 3.8) is 0 Å². The second-order valence-electron chi connectivity index (χ2n) is 5.00. The molecular formula is C15H14Cl2N4O2. The van der Waals surface area contributed by atoms with E-state index in [1.807, 2.05) is 0 Å². The van der Waals surface area contributed by atoms with Gasteiger partial charge < -0.3 is 15.0 Å². The van der Waals surface area contributed by atoms with E-state index in [9.17, 15) is 4.79 Å². The first-order valence-corrected chi connectivity index (χ1v) is 7.74. The molecule has 1 saturated heterocycles. The Labute approximate surface area is 143 Å². The number of aromatic nitrogens is 2. The smallest absolute Gasteiger partial charge is 0.249 e. The lowest BCUT2D eigenvalue weighted by Crippen LogP contribution is -2.33. The highest BCUT2D eigenvalue weighted by Gasteiger charge is 2.33. The minimum Gasteiger partial charge on any atom is -0.481 e. The van der Waals surface area contributed by atoms with Crippen LogP contribution in [-0.4, -0.2) is 35.6 Å². The van der Waals surface area contributed by atoms with Gasteiger partial charge in [-0.1, -0.05) is 23.2 Å². The van der Waals surface area contributed by atoms with Crippen LogP contribution in [-0.2, 0) is 4.79 Å². The number of nitrogens with one attached hydrogen (secondary N) is 1. The lowest BCUT2D eigenvalue weighted by molar-refractivity contribution is -0.117. The summed E-state index contributed by atoms with van der Waals surface area (Å²) in [5.41, 5.74) is 0.722. The average Bonchev–Trinajstić information content (AvgIpc) is 2.91. The summed E-state index contributed by atoms with van der Waals surface area (Å²) in [7, 11) is 1.53. The van der Waals surface area contributed by atoms with E-state index in [1.54, 1.807) is 35.4 Å². The van der Waals surface area contributed by atoms with Gasteiger partial charge in [0.15, 0.2) is 0 Å². The number of rotatable bonds is 4. The van der Waals surface area contributed by atoms with E-state index < -0.39 is 6.04 Å². The SMILES string of the molecule is COc1ccnc(NC2CCN(c3ccc(Cl)c(Cl)c3)C2=O)n1. The zero-order valence-corrected chi connectivity index (χ0v) is 13.8. The Bertz CT molecular complexity index is 741. The number of methoxy groups -OCH3 is 1. The van der Waals surface area contributed by atoms with Crippen molar-refractivity contribution in [3.8, 4) is 5.88 Å². The maximum Gasteiger partial charge on any atom is 0.249 e. The van der Waals surface area contributed by atoms with Gasteiger partial charge in [0, 0.05) is 24.5 Å². The number of amides is 1. The molecule has 1 N–H and O–H groups in total. The molecule has 2 aromatic rings. The van der Waals surface area contributed by atoms with Crippen molar-refractivity contribution in [2.75, 3.05) is 23.9 Å². The molecule has 1 aliphatic heterocycles. The first-order valence-electron chi connectivity index (χ1n) is 6.98. The van der Waals surface area contributed by atoms with Crippen LogP contribution < -0.4 is 15.0 Å². The molecule has 2 heterocycles. The summed E-state index contributed by atoms with van der Waals surface area (Å²) in [5, 5.41) is 3.92. The van der Waals surface area contributed by atoms with E-state index in [-0.39, 0.29) is 5.91 Å². The van der Waals surface area contributed by atoms with Crippen molar-refractivity contribution in [1.82, 2.24) is 9.97 Å². The number of hydrogen-bond donors (Lipinski definition) is 1. The Morgan fingerprint density at radius 3 is 2.87 bits per heavy atom. The monoisotopic (exact) mass is 352 g/mol. The van der Waals surface area contributed by atoms with Gasteiger partial charge in [-0.15, -0.1) is 0 Å². The molecule has 0 radical (unpaired) electrons. The molecule has 1 unspecified atom stereocenters. The standard InChI is InChI=1S/C15H14Cl2N4O2/c1-23-13-4-6-18-15(20-13)19-12-5-7-21(14(12)22)9-2-3-10(16)11(17)8-9/h2-4,6,8,12H,5,7H2,1H3,(H,18,19,20). The lowest BCUT2D eigenvalue weighted by Gasteiger charge is -2.18. The van der Waals surface area contributed by atoms with Crippen LogP contribution in [0.15, 0.2) is 30.5 Å². The molecule has 1 atom stereocenters. The molecule has 0 bridgehead atoms. The second kappa shape index (κ2) is 6.60. The van der Waals surface area contributed by atoms with Gasteiger partial charge in [-0.3, -0.25) is 4.79 Å². The molecule has 0 spiro atoms. The summed E-state index contributed by atoms with van der Waals surface area (Å²) in [5.74, 6) is 0.739. The predicted molar refractivity (Wildman–Crippen MR) is 89.4 cm³/mol. The van der Waals surface area contributed by atoms with Gasteiger partial charge in [0.25, 0.3) is 0 Å². The minimum atomic E-state index is -0.392. The molecule has 1 aliphatic rings. The molecule has 0 aliphatic carbocycles. The van der Waals surface area contributed by atoms with E-state index in [2.05, 4.69) is 15.3 Å². The molecule has 6 nitrogen and oxygen atoms in total. The fraction of sp³-hybridized carbons (Fsp3) is 0.267. The van der Waals surface area contributed by atoms with E-state index in [0.717, 1.165) is 5.69 Å². The van der Waals surface area contributed by atoms with Crippen molar-refractivity contribution in [1.29, 1.82) is 0 Å². The van der Waals surface area contributed by atoms with Crippen molar-refractivity contribution in [2.45, 2.75) is 12.5 Å². The Morgan fingerprint density at radius 2 is 2.13 bits per heavy atom. The normalized spacial score (nSPS) is 17.4. The van der Waals surface area contributed by atoms with Crippen LogP contribution in [0.4, 0.5) is 11.6 Å². The van der Waals surface area contributed by atoms with Crippen LogP contribution in [0.25, 0.3) is 0 Å². The highest BCUT2D eigenvalue weighted by molar-refractivity contribution is 6.42. The van der Waals surface area contributed by atoms with Crippen molar-refractivity contribution in [3.05, 3.63) is 40.5 Å². The van der Waals surface area contributed by atoms with Crippen molar-refractivity contribution < 1.29 is 9.53 Å². The summed E-state index contributed by atoms with van der Waals surface area (Å²) in [6.07, 6.45) is 2.21. The highest BCUT2D eigenvalue weighted by atomic mass is 35.5. The van der Waals surface area contributed by atoms with Gasteiger partial charge in [-0.05, 0) is 24.6 Å². The van der Waals surface area contributed by atoms with Gasteiger partial charge in [0.1, 0.15) is 6.04 Å². The quantitative estimate of drug-likeness (QED) is 0.915. The maximum atomic E-state index is 12.6. The summed E-state index contributed by atoms with van der Waals surface area (Å²) < 4.78 is 5.05. The number of ether oxygens (including phenoxy) is 1. The summed E-state index contributed by atoms with van der Waals surface area (Å²) in [4.78, 5) is 22.5. The molecule has 1 aromatic heterocycles. The zero-order valence-electron chi connectivity index (χ0n) is 12.3. The zero-order chi connectivity index (χ0) is 16.4. The average molecular weight is 353 g/mol. The molecule has 1 aromatic carbocycles. The van der Waals surface area contributed by atoms with E-state index in [4.69, 9.17) is 27.9 Å². The van der Waals surface area contributed by atoms with Crippen LogP contribution in [0.3, 0.4) is 0 Å². The van der Waals surface area contributed by atoms with Gasteiger partial charge in [-0.25, -0.2) is 4.98 Å². The fourth-order valence-corrected chi connectivity index (χ4v) is 2.70. The van der Waals surface area contributed by atoms with Gasteiger partial charge in [0.2, 0.25) is 17.7 Å². The largest absolute Gasteiger partial charge is 0.481 e. The van der Waals surface area contributed by atoms with Crippen LogP contribution in [0.5, 0.6) is 5.88 Å². The first-order chi connectivity index (χ1) is 11.1. The lowest BCUT2D eigenvalue weighted by atomic mass is 10.2. The third-order valence-corrected chi connectivity index (χ3v) is 4.30. The van der Waals surface area contributed by atoms with E-state index in [1.165, 1.54) is 7.11 Å². The Balaban J connectivity index is 1.74. The number of hydrogen-bond acceptors (Lipinski definition) is 5. The molecule has 0 saturated carbocycles. The van der Waals surface area contributed by atoms with Crippen molar-refractivity contribution in [2.24, 2.45) is 0 Å². The van der Waals surface area contributed by atoms with Crippen LogP contribution in [0.1, 0.15) is 6.42 Å². The first kappa shape index (κ1) is 15.8. The Hall–Kier alpha value is -2.05. The number of nitrogens with zero attached hydrogens (tertiary/aromatic N) is 3. The number of halogens is 2. The Kier molecular flexibility index (Phi) is 4.54. The fourth-order valence-electron chi connectivity index (χ4n) is 2.40. The molecule has 1 amide bonds. The number of carbonyl (C=O) groups is 1. The number of carbonyl (C=O) groups excluding carboxylic acids is 1. The summed E-state index contributed by atoms with van der Waals surface area (Å²) in [6.45, 7) is 0.582. The second-order valence-corrected chi connectivity index (χ2v) is 5.81. The van der Waals surface area contributed by atoms with Gasteiger partial charge >= 0.3 is 0 Å². The van der Waals surface area contributed by atoms with E-state index in [0.29, 0.717) is 34.8 Å². The molecule has 8 heteroatoms. The topological polar surface area (TPSA) is 67.3 Å². The molecular weight excluding hydrogens is 339 g/mol. The minimum absolute atomic E-state index is 0.0604. The molecule has 23 heavy (non-hydrogen) atoms. The van der Waals surface area contributed by atoms with Gasteiger partial charge in [0.05, 0.1) is 17.2 Å². The highest BCUT2D eigenvalue weighted by Crippen LogP contribution is 2.30. The number of anilines is 2. The molecule has 3 rings (SSSR count). The van der Waals surface area contributed by atoms with Crippen LogP contribution in [0.2, 0.25) is 10.0 Å². The van der Waals surface area contributed by atoms with Crippen molar-refractivity contribution >= 4 is 40.7 Å². The van der Waals surface area contributed by atoms with Gasteiger partial charge in [-0.2, -0.15) is 4.98 Å². The van der Waals surface area contributed by atoms with E-state index >= 15 is 0 Å². The molecule has 120 valence electrons. The van der Waals surface area contributed by atoms with Crippen LogP contribution in [0, 0.1) is 0 Å². The summed E-state index contributed by atoms with van der Waals surface area (Å²) in [6, 6.07) is 6.39. The molecule has 1 fully saturated rings. The maximum absolute atomic E-state index is 12.6.